The SMILES string of the molecule is CC(C)(CC(O)(CNc1cccc2nnccc12)C(F)(F)F)c1cc(F)ccc1O. The number of halogens is 4. The topological polar surface area (TPSA) is 78.3 Å². The van der Waals surface area contributed by atoms with Crippen LogP contribution in [0.25, 0.3) is 10.9 Å². The Balaban J connectivity index is 1.92. The first-order valence-electron chi connectivity index (χ1n) is 9.15. The highest BCUT2D eigenvalue weighted by Crippen LogP contribution is 2.43. The number of aromatic nitrogens is 2. The van der Waals surface area contributed by atoms with E-state index in [2.05, 4.69) is 15.5 Å². The van der Waals surface area contributed by atoms with Crippen LogP contribution in [0.1, 0.15) is 25.8 Å². The minimum atomic E-state index is -4.98. The van der Waals surface area contributed by atoms with Gasteiger partial charge in [-0.3, -0.25) is 0 Å². The number of aromatic hydroxyl groups is 1. The first kappa shape index (κ1) is 21.8. The Hall–Kier alpha value is -2.94. The summed E-state index contributed by atoms with van der Waals surface area (Å²) in [6, 6.07) is 9.52. The zero-order chi connectivity index (χ0) is 22.2. The van der Waals surface area contributed by atoms with Crippen LogP contribution in [0.4, 0.5) is 23.2 Å². The molecule has 0 aliphatic carbocycles. The molecule has 30 heavy (non-hydrogen) atoms. The van der Waals surface area contributed by atoms with E-state index in [9.17, 15) is 27.8 Å². The summed E-state index contributed by atoms with van der Waals surface area (Å²) >= 11 is 0. The number of benzene rings is 2. The highest BCUT2D eigenvalue weighted by atomic mass is 19.4. The van der Waals surface area contributed by atoms with Crippen molar-refractivity contribution in [3.05, 3.63) is 60.0 Å². The predicted octanol–water partition coefficient (Wildman–Crippen LogP) is 4.55. The Morgan fingerprint density at radius 1 is 1.07 bits per heavy atom. The highest BCUT2D eigenvalue weighted by Gasteiger charge is 2.56. The Labute approximate surface area is 170 Å². The summed E-state index contributed by atoms with van der Waals surface area (Å²) in [5.74, 6) is -1.03. The number of alkyl halides is 3. The first-order chi connectivity index (χ1) is 13.9. The monoisotopic (exact) mass is 423 g/mol. The van der Waals surface area contributed by atoms with Gasteiger partial charge < -0.3 is 15.5 Å². The molecule has 2 aromatic carbocycles. The fourth-order valence-electron chi connectivity index (χ4n) is 3.55. The van der Waals surface area contributed by atoms with E-state index < -0.39 is 36.0 Å². The molecule has 0 aliphatic rings. The van der Waals surface area contributed by atoms with Gasteiger partial charge in [-0.15, -0.1) is 0 Å². The highest BCUT2D eigenvalue weighted by molar-refractivity contribution is 5.90. The number of phenols is 1. The summed E-state index contributed by atoms with van der Waals surface area (Å²) in [7, 11) is 0. The maximum atomic E-state index is 13.9. The van der Waals surface area contributed by atoms with Gasteiger partial charge in [0, 0.05) is 16.6 Å². The lowest BCUT2D eigenvalue weighted by molar-refractivity contribution is -0.260. The lowest BCUT2D eigenvalue weighted by atomic mass is 9.74. The average molecular weight is 423 g/mol. The zero-order valence-electron chi connectivity index (χ0n) is 16.3. The van der Waals surface area contributed by atoms with E-state index in [0.29, 0.717) is 16.6 Å². The molecule has 160 valence electrons. The second-order valence-corrected chi connectivity index (χ2v) is 7.87. The maximum absolute atomic E-state index is 13.9. The lowest BCUT2D eigenvalue weighted by Crippen LogP contribution is -2.53. The van der Waals surface area contributed by atoms with Gasteiger partial charge in [-0.1, -0.05) is 19.9 Å². The van der Waals surface area contributed by atoms with Crippen LogP contribution in [0.2, 0.25) is 0 Å². The summed E-state index contributed by atoms with van der Waals surface area (Å²) in [4.78, 5) is 0. The van der Waals surface area contributed by atoms with Gasteiger partial charge in [0.15, 0.2) is 5.60 Å². The molecule has 1 atom stereocenters. The van der Waals surface area contributed by atoms with Gasteiger partial charge in [-0.05, 0) is 48.2 Å². The van der Waals surface area contributed by atoms with Gasteiger partial charge >= 0.3 is 6.18 Å². The van der Waals surface area contributed by atoms with Crippen LogP contribution in [0, 0.1) is 5.82 Å². The fraction of sp³-hybridized carbons (Fsp3) is 0.333. The van der Waals surface area contributed by atoms with E-state index in [1.165, 1.54) is 20.0 Å². The minimum absolute atomic E-state index is 0.0226. The molecule has 0 saturated carbocycles. The van der Waals surface area contributed by atoms with Crippen LogP contribution in [0.3, 0.4) is 0 Å². The molecule has 0 amide bonds. The van der Waals surface area contributed by atoms with Crippen molar-refractivity contribution >= 4 is 16.6 Å². The van der Waals surface area contributed by atoms with Crippen molar-refractivity contribution in [2.24, 2.45) is 0 Å². The van der Waals surface area contributed by atoms with Crippen molar-refractivity contribution in [3.8, 4) is 5.75 Å². The molecular formula is C21H21F4N3O2. The molecule has 3 rings (SSSR count). The Morgan fingerprint density at radius 3 is 2.50 bits per heavy atom. The zero-order valence-corrected chi connectivity index (χ0v) is 16.3. The van der Waals surface area contributed by atoms with E-state index in [1.807, 2.05) is 0 Å². The third kappa shape index (κ3) is 4.30. The van der Waals surface area contributed by atoms with Crippen LogP contribution >= 0.6 is 0 Å². The van der Waals surface area contributed by atoms with Gasteiger partial charge in [0.2, 0.25) is 0 Å². The van der Waals surface area contributed by atoms with E-state index in [-0.39, 0.29) is 11.3 Å². The number of nitrogens with one attached hydrogen (secondary N) is 1. The minimum Gasteiger partial charge on any atom is -0.508 e. The van der Waals surface area contributed by atoms with Crippen molar-refractivity contribution in [2.45, 2.75) is 37.5 Å². The van der Waals surface area contributed by atoms with Crippen LogP contribution in [-0.4, -0.2) is 38.7 Å². The number of anilines is 1. The Bertz CT molecular complexity index is 1050. The van der Waals surface area contributed by atoms with Crippen molar-refractivity contribution in [3.63, 3.8) is 0 Å². The summed E-state index contributed by atoms with van der Waals surface area (Å²) in [6.45, 7) is 1.97. The molecule has 0 saturated heterocycles. The van der Waals surface area contributed by atoms with E-state index >= 15 is 0 Å². The van der Waals surface area contributed by atoms with Gasteiger partial charge in [0.25, 0.3) is 0 Å². The fourth-order valence-corrected chi connectivity index (χ4v) is 3.55. The molecule has 1 unspecified atom stereocenters. The second kappa shape index (κ2) is 7.71. The summed E-state index contributed by atoms with van der Waals surface area (Å²) in [5, 5.41) is 31.6. The van der Waals surface area contributed by atoms with E-state index in [1.54, 1.807) is 24.3 Å². The summed E-state index contributed by atoms with van der Waals surface area (Å²) in [6.07, 6.45) is -4.37. The van der Waals surface area contributed by atoms with Gasteiger partial charge in [0.1, 0.15) is 11.6 Å². The summed E-state index contributed by atoms with van der Waals surface area (Å²) in [5.41, 5.74) is -3.72. The number of rotatable bonds is 6. The molecular weight excluding hydrogens is 402 g/mol. The molecule has 0 spiro atoms. The number of fused-ring (bicyclic) bond motifs is 1. The summed E-state index contributed by atoms with van der Waals surface area (Å²) < 4.78 is 55.3. The van der Waals surface area contributed by atoms with Crippen molar-refractivity contribution < 1.29 is 27.8 Å². The van der Waals surface area contributed by atoms with E-state index in [4.69, 9.17) is 0 Å². The molecule has 0 radical (unpaired) electrons. The molecule has 3 aromatic rings. The van der Waals surface area contributed by atoms with Crippen LogP contribution in [0.5, 0.6) is 5.75 Å². The first-order valence-corrected chi connectivity index (χ1v) is 9.15. The molecule has 0 bridgehead atoms. The van der Waals surface area contributed by atoms with Gasteiger partial charge in [0.05, 0.1) is 18.3 Å². The number of aliphatic hydroxyl groups is 1. The molecule has 1 heterocycles. The van der Waals surface area contributed by atoms with E-state index in [0.717, 1.165) is 18.2 Å². The predicted molar refractivity (Wildman–Crippen MR) is 105 cm³/mol. The van der Waals surface area contributed by atoms with Crippen LogP contribution < -0.4 is 5.32 Å². The second-order valence-electron chi connectivity index (χ2n) is 7.87. The molecule has 3 N–H and O–H groups in total. The Kier molecular flexibility index (Phi) is 5.60. The smallest absolute Gasteiger partial charge is 0.418 e. The quantitative estimate of drug-likeness (QED) is 0.507. The third-order valence-electron chi connectivity index (χ3n) is 5.08. The van der Waals surface area contributed by atoms with Crippen molar-refractivity contribution in [2.75, 3.05) is 11.9 Å². The molecule has 0 aliphatic heterocycles. The number of phenolic OH excluding ortho intramolecular Hbond substituents is 1. The molecule has 9 heteroatoms. The van der Waals surface area contributed by atoms with Crippen LogP contribution in [0.15, 0.2) is 48.7 Å². The van der Waals surface area contributed by atoms with Crippen LogP contribution in [-0.2, 0) is 5.41 Å². The van der Waals surface area contributed by atoms with Gasteiger partial charge in [-0.2, -0.15) is 23.4 Å². The average Bonchev–Trinajstić information content (AvgIpc) is 2.67. The largest absolute Gasteiger partial charge is 0.508 e. The molecule has 0 fully saturated rings. The normalized spacial score (nSPS) is 14.5. The lowest BCUT2D eigenvalue weighted by Gasteiger charge is -2.38. The number of nitrogens with zero attached hydrogens (tertiary/aromatic N) is 2. The molecule has 5 nitrogen and oxygen atoms in total. The maximum Gasteiger partial charge on any atom is 0.418 e. The molecule has 1 aromatic heterocycles. The Morgan fingerprint density at radius 2 is 1.80 bits per heavy atom. The van der Waals surface area contributed by atoms with Crippen molar-refractivity contribution in [1.82, 2.24) is 10.2 Å². The standard InChI is InChI=1S/C21H21F4N3O2/c1-19(2,15-10-13(22)6-7-18(15)29)11-20(30,21(23,24)25)12-26-16-4-3-5-17-14(16)8-9-27-28-17/h3-10,26,29-30H,11-12H2,1-2H3. The number of hydrogen-bond donors (Lipinski definition) is 3. The number of hydrogen-bond acceptors (Lipinski definition) is 5. The van der Waals surface area contributed by atoms with Gasteiger partial charge in [-0.25, -0.2) is 4.39 Å². The van der Waals surface area contributed by atoms with Crippen molar-refractivity contribution in [1.29, 1.82) is 0 Å². The third-order valence-corrected chi connectivity index (χ3v) is 5.08.